The second-order valence-corrected chi connectivity index (χ2v) is 5.15. The van der Waals surface area contributed by atoms with E-state index >= 15 is 0 Å². The van der Waals surface area contributed by atoms with Crippen molar-refractivity contribution in [2.75, 3.05) is 0 Å². The lowest BCUT2D eigenvalue weighted by molar-refractivity contribution is 0.0694. The number of aromatic nitrogens is 1. The van der Waals surface area contributed by atoms with Gasteiger partial charge in [-0.15, -0.1) is 0 Å². The fourth-order valence-electron chi connectivity index (χ4n) is 2.72. The number of carboxylic acid groups (broad SMARTS) is 1. The maximum Gasteiger partial charge on any atom is 0.337 e. The maximum absolute atomic E-state index is 12.4. The quantitative estimate of drug-likeness (QED) is 0.939. The van der Waals surface area contributed by atoms with Crippen LogP contribution in [0.5, 0.6) is 0 Å². The van der Waals surface area contributed by atoms with Gasteiger partial charge in [0, 0.05) is 11.8 Å². The molecule has 0 fully saturated rings. The van der Waals surface area contributed by atoms with Crippen LogP contribution in [0.15, 0.2) is 35.1 Å². The van der Waals surface area contributed by atoms with Gasteiger partial charge < -0.3 is 5.11 Å². The number of nitrogens with zero attached hydrogens (tertiary/aromatic N) is 1. The Morgan fingerprint density at radius 3 is 2.52 bits per heavy atom. The molecule has 2 aromatic rings. The number of para-hydroxylation sites is 1. The van der Waals surface area contributed by atoms with Crippen LogP contribution in [0.1, 0.15) is 40.5 Å². The van der Waals surface area contributed by atoms with E-state index in [2.05, 4.69) is 6.92 Å². The van der Waals surface area contributed by atoms with E-state index in [1.807, 2.05) is 24.3 Å². The van der Waals surface area contributed by atoms with E-state index in [0.29, 0.717) is 11.3 Å². The van der Waals surface area contributed by atoms with Crippen molar-refractivity contribution in [3.05, 3.63) is 63.1 Å². The van der Waals surface area contributed by atoms with E-state index in [4.69, 9.17) is 0 Å². The molecule has 0 aliphatic heterocycles. The standard InChI is InChI=1S/C17H19NO3/c1-4-7-13-8-5-6-9-14(13)18-12(3)16(17(20)21)11(2)10-15(18)19/h5-6,8-10H,4,7H2,1-3H3,(H,20,21). The SMILES string of the molecule is CCCc1ccccc1-n1c(C)c(C(=O)O)c(C)cc1=O. The lowest BCUT2D eigenvalue weighted by Crippen LogP contribution is -2.25. The van der Waals surface area contributed by atoms with E-state index in [9.17, 15) is 14.7 Å². The first kappa shape index (κ1) is 15.0. The first-order valence-electron chi connectivity index (χ1n) is 7.02. The summed E-state index contributed by atoms with van der Waals surface area (Å²) in [5.74, 6) is -1.01. The van der Waals surface area contributed by atoms with Crippen molar-refractivity contribution in [1.29, 1.82) is 0 Å². The highest BCUT2D eigenvalue weighted by molar-refractivity contribution is 5.90. The van der Waals surface area contributed by atoms with Crippen LogP contribution in [0.4, 0.5) is 0 Å². The van der Waals surface area contributed by atoms with Gasteiger partial charge >= 0.3 is 5.97 Å². The average Bonchev–Trinajstić information content (AvgIpc) is 2.39. The highest BCUT2D eigenvalue weighted by atomic mass is 16.4. The largest absolute Gasteiger partial charge is 0.478 e. The number of pyridine rings is 1. The lowest BCUT2D eigenvalue weighted by Gasteiger charge is -2.17. The third-order valence-corrected chi connectivity index (χ3v) is 3.62. The van der Waals surface area contributed by atoms with Gasteiger partial charge in [0.15, 0.2) is 0 Å². The summed E-state index contributed by atoms with van der Waals surface area (Å²) in [4.78, 5) is 23.8. The second-order valence-electron chi connectivity index (χ2n) is 5.15. The van der Waals surface area contributed by atoms with Crippen LogP contribution in [0.3, 0.4) is 0 Å². The molecule has 1 aromatic heterocycles. The minimum Gasteiger partial charge on any atom is -0.478 e. The van der Waals surface area contributed by atoms with Crippen LogP contribution < -0.4 is 5.56 Å². The van der Waals surface area contributed by atoms with Gasteiger partial charge in [0.1, 0.15) is 0 Å². The number of hydrogen-bond donors (Lipinski definition) is 1. The van der Waals surface area contributed by atoms with Crippen molar-refractivity contribution in [2.45, 2.75) is 33.6 Å². The Labute approximate surface area is 123 Å². The minimum atomic E-state index is -1.01. The number of benzene rings is 1. The molecule has 0 amide bonds. The Bertz CT molecular complexity index is 744. The third-order valence-electron chi connectivity index (χ3n) is 3.62. The Morgan fingerprint density at radius 1 is 1.24 bits per heavy atom. The van der Waals surface area contributed by atoms with Gasteiger partial charge in [0.2, 0.25) is 0 Å². The topological polar surface area (TPSA) is 59.3 Å². The van der Waals surface area contributed by atoms with Gasteiger partial charge in [-0.05, 0) is 37.5 Å². The first-order valence-corrected chi connectivity index (χ1v) is 7.02. The zero-order valence-electron chi connectivity index (χ0n) is 12.5. The molecule has 0 saturated carbocycles. The van der Waals surface area contributed by atoms with Crippen LogP contribution >= 0.6 is 0 Å². The molecule has 0 saturated heterocycles. The molecule has 1 aromatic carbocycles. The number of carbonyl (C=O) groups is 1. The van der Waals surface area contributed by atoms with E-state index in [0.717, 1.165) is 24.1 Å². The van der Waals surface area contributed by atoms with Gasteiger partial charge in [-0.3, -0.25) is 9.36 Å². The lowest BCUT2D eigenvalue weighted by atomic mass is 10.0. The summed E-state index contributed by atoms with van der Waals surface area (Å²) in [7, 11) is 0. The van der Waals surface area contributed by atoms with Gasteiger partial charge in [-0.1, -0.05) is 31.5 Å². The molecule has 0 radical (unpaired) electrons. The number of hydrogen-bond acceptors (Lipinski definition) is 2. The van der Waals surface area contributed by atoms with Crippen molar-refractivity contribution >= 4 is 5.97 Å². The van der Waals surface area contributed by atoms with Crippen molar-refractivity contribution in [2.24, 2.45) is 0 Å². The number of carboxylic acids is 1. The molecule has 4 heteroatoms. The Hall–Kier alpha value is -2.36. The van der Waals surface area contributed by atoms with Crippen LogP contribution in [0, 0.1) is 13.8 Å². The van der Waals surface area contributed by atoms with Crippen molar-refractivity contribution in [3.8, 4) is 5.69 Å². The van der Waals surface area contributed by atoms with Gasteiger partial charge in [-0.2, -0.15) is 0 Å². The summed E-state index contributed by atoms with van der Waals surface area (Å²) in [6, 6.07) is 9.02. The average molecular weight is 285 g/mol. The normalized spacial score (nSPS) is 10.6. The van der Waals surface area contributed by atoms with Crippen LogP contribution in [-0.4, -0.2) is 15.6 Å². The third kappa shape index (κ3) is 2.75. The minimum absolute atomic E-state index is 0.195. The Morgan fingerprint density at radius 2 is 1.90 bits per heavy atom. The van der Waals surface area contributed by atoms with E-state index in [-0.39, 0.29) is 11.1 Å². The molecule has 4 nitrogen and oxygen atoms in total. The van der Waals surface area contributed by atoms with E-state index in [1.54, 1.807) is 13.8 Å². The second kappa shape index (κ2) is 5.95. The molecule has 0 unspecified atom stereocenters. The van der Waals surface area contributed by atoms with Crippen molar-refractivity contribution in [1.82, 2.24) is 4.57 Å². The molecule has 2 rings (SSSR count). The number of aryl methyl sites for hydroxylation is 2. The number of aromatic carboxylic acids is 1. The molecule has 0 spiro atoms. The molecule has 110 valence electrons. The van der Waals surface area contributed by atoms with E-state index < -0.39 is 5.97 Å². The number of rotatable bonds is 4. The van der Waals surface area contributed by atoms with Gasteiger partial charge in [0.25, 0.3) is 5.56 Å². The summed E-state index contributed by atoms with van der Waals surface area (Å²) in [5, 5.41) is 9.37. The molecule has 1 heterocycles. The smallest absolute Gasteiger partial charge is 0.337 e. The molecule has 0 atom stereocenters. The summed E-state index contributed by atoms with van der Waals surface area (Å²) in [6.45, 7) is 5.41. The predicted octanol–water partition coefficient (Wildman–Crippen LogP) is 3.11. The predicted molar refractivity (Wildman–Crippen MR) is 82.5 cm³/mol. The Balaban J connectivity index is 2.79. The van der Waals surface area contributed by atoms with Crippen LogP contribution in [-0.2, 0) is 6.42 Å². The molecule has 1 N–H and O–H groups in total. The Kier molecular flexibility index (Phi) is 4.26. The monoisotopic (exact) mass is 285 g/mol. The van der Waals surface area contributed by atoms with Gasteiger partial charge in [-0.25, -0.2) is 4.79 Å². The molecule has 0 bridgehead atoms. The first-order chi connectivity index (χ1) is 9.97. The summed E-state index contributed by atoms with van der Waals surface area (Å²) < 4.78 is 1.50. The molecule has 0 aliphatic rings. The zero-order valence-corrected chi connectivity index (χ0v) is 12.5. The highest BCUT2D eigenvalue weighted by Gasteiger charge is 2.17. The molecule has 21 heavy (non-hydrogen) atoms. The summed E-state index contributed by atoms with van der Waals surface area (Å²) in [5.41, 5.74) is 2.78. The van der Waals surface area contributed by atoms with Crippen molar-refractivity contribution in [3.63, 3.8) is 0 Å². The van der Waals surface area contributed by atoms with Crippen LogP contribution in [0.25, 0.3) is 5.69 Å². The van der Waals surface area contributed by atoms with Crippen LogP contribution in [0.2, 0.25) is 0 Å². The fourth-order valence-corrected chi connectivity index (χ4v) is 2.72. The molecule has 0 aliphatic carbocycles. The fraction of sp³-hybridized carbons (Fsp3) is 0.294. The molecular weight excluding hydrogens is 266 g/mol. The summed E-state index contributed by atoms with van der Waals surface area (Å²) in [6.07, 6.45) is 1.81. The zero-order chi connectivity index (χ0) is 15.6. The van der Waals surface area contributed by atoms with Gasteiger partial charge in [0.05, 0.1) is 11.3 Å². The van der Waals surface area contributed by atoms with E-state index in [1.165, 1.54) is 10.6 Å². The van der Waals surface area contributed by atoms with Crippen molar-refractivity contribution < 1.29 is 9.90 Å². The maximum atomic E-state index is 12.4. The highest BCUT2D eigenvalue weighted by Crippen LogP contribution is 2.19. The summed E-state index contributed by atoms with van der Waals surface area (Å²) >= 11 is 0. The molecular formula is C17H19NO3.